The zero-order valence-corrected chi connectivity index (χ0v) is 13.4. The Bertz CT molecular complexity index is 632. The van der Waals surface area contributed by atoms with Crippen LogP contribution in [0.5, 0.6) is 0 Å². The average molecular weight is 306 g/mol. The molecule has 1 unspecified atom stereocenters. The van der Waals surface area contributed by atoms with Gasteiger partial charge in [0.15, 0.2) is 0 Å². The lowest BCUT2D eigenvalue weighted by Crippen LogP contribution is -2.32. The second kappa shape index (κ2) is 6.59. The first-order valence-electron chi connectivity index (χ1n) is 7.45. The van der Waals surface area contributed by atoms with Gasteiger partial charge in [0.2, 0.25) is 10.0 Å². The van der Waals surface area contributed by atoms with Gasteiger partial charge in [-0.05, 0) is 49.3 Å². The summed E-state index contributed by atoms with van der Waals surface area (Å²) >= 11 is 0. The highest BCUT2D eigenvalue weighted by atomic mass is 32.2. The first-order chi connectivity index (χ1) is 9.95. The molecule has 1 aliphatic heterocycles. The van der Waals surface area contributed by atoms with Crippen molar-refractivity contribution in [2.75, 3.05) is 13.1 Å². The number of nitrogens with zero attached hydrogens (tertiary/aromatic N) is 2. The molecule has 5 heteroatoms. The molecule has 0 aromatic heterocycles. The number of sulfonamides is 1. The Morgan fingerprint density at radius 1 is 1.29 bits per heavy atom. The monoisotopic (exact) mass is 306 g/mol. The normalized spacial score (nSPS) is 21.0. The Hall–Kier alpha value is -1.38. The SMILES string of the molecule is CC(C)C1CCCN(S(=O)(=O)c2cccc(C#N)c2)CC1. The van der Waals surface area contributed by atoms with Crippen molar-refractivity contribution in [3.8, 4) is 6.07 Å². The van der Waals surface area contributed by atoms with E-state index in [4.69, 9.17) is 5.26 Å². The summed E-state index contributed by atoms with van der Waals surface area (Å²) in [6.45, 7) is 5.54. The molecule has 0 bridgehead atoms. The fourth-order valence-corrected chi connectivity index (χ4v) is 4.42. The van der Waals surface area contributed by atoms with E-state index in [-0.39, 0.29) is 4.90 Å². The van der Waals surface area contributed by atoms with Crippen molar-refractivity contribution in [3.63, 3.8) is 0 Å². The van der Waals surface area contributed by atoms with Crippen molar-refractivity contribution in [2.45, 2.75) is 38.0 Å². The van der Waals surface area contributed by atoms with Crippen LogP contribution in [0.2, 0.25) is 0 Å². The van der Waals surface area contributed by atoms with Crippen molar-refractivity contribution >= 4 is 10.0 Å². The summed E-state index contributed by atoms with van der Waals surface area (Å²) < 4.78 is 27.0. The van der Waals surface area contributed by atoms with Crippen molar-refractivity contribution in [1.82, 2.24) is 4.31 Å². The van der Waals surface area contributed by atoms with Gasteiger partial charge in [0.05, 0.1) is 16.5 Å². The zero-order valence-electron chi connectivity index (χ0n) is 12.6. The Balaban J connectivity index is 2.21. The summed E-state index contributed by atoms with van der Waals surface area (Å²) in [7, 11) is -3.48. The van der Waals surface area contributed by atoms with Gasteiger partial charge in [-0.1, -0.05) is 19.9 Å². The van der Waals surface area contributed by atoms with Crippen molar-refractivity contribution in [2.24, 2.45) is 11.8 Å². The fourth-order valence-electron chi connectivity index (χ4n) is 2.88. The summed E-state index contributed by atoms with van der Waals surface area (Å²) in [4.78, 5) is 0.226. The van der Waals surface area contributed by atoms with E-state index in [1.54, 1.807) is 22.5 Å². The minimum absolute atomic E-state index is 0.226. The van der Waals surface area contributed by atoms with Crippen LogP contribution in [0.15, 0.2) is 29.2 Å². The molecule has 1 aliphatic rings. The van der Waals surface area contributed by atoms with E-state index in [2.05, 4.69) is 13.8 Å². The Morgan fingerprint density at radius 2 is 2.05 bits per heavy atom. The summed E-state index contributed by atoms with van der Waals surface area (Å²) in [5.74, 6) is 1.19. The molecule has 1 heterocycles. The van der Waals surface area contributed by atoms with Gasteiger partial charge >= 0.3 is 0 Å². The van der Waals surface area contributed by atoms with Crippen LogP contribution in [0.3, 0.4) is 0 Å². The lowest BCUT2D eigenvalue weighted by molar-refractivity contribution is 0.341. The largest absolute Gasteiger partial charge is 0.243 e. The molecule has 1 atom stereocenters. The van der Waals surface area contributed by atoms with Gasteiger partial charge in [-0.3, -0.25) is 0 Å². The quantitative estimate of drug-likeness (QED) is 0.862. The molecule has 0 aliphatic carbocycles. The van der Waals surface area contributed by atoms with E-state index in [1.165, 1.54) is 6.07 Å². The van der Waals surface area contributed by atoms with Crippen LogP contribution in [-0.2, 0) is 10.0 Å². The first-order valence-corrected chi connectivity index (χ1v) is 8.89. The Kier molecular flexibility index (Phi) is 5.02. The van der Waals surface area contributed by atoms with Crippen LogP contribution in [0.25, 0.3) is 0 Å². The predicted octanol–water partition coefficient (Wildman–Crippen LogP) is 3.01. The molecule has 4 nitrogen and oxygen atoms in total. The molecule has 0 saturated carbocycles. The zero-order chi connectivity index (χ0) is 15.5. The molecule has 1 aromatic carbocycles. The van der Waals surface area contributed by atoms with Crippen molar-refractivity contribution in [3.05, 3.63) is 29.8 Å². The van der Waals surface area contributed by atoms with Gasteiger partial charge < -0.3 is 0 Å². The van der Waals surface area contributed by atoms with Crippen LogP contribution < -0.4 is 0 Å². The van der Waals surface area contributed by atoms with E-state index in [9.17, 15) is 8.42 Å². The number of rotatable bonds is 3. The molecule has 0 amide bonds. The van der Waals surface area contributed by atoms with E-state index < -0.39 is 10.0 Å². The lowest BCUT2D eigenvalue weighted by Gasteiger charge is -2.21. The summed E-state index contributed by atoms with van der Waals surface area (Å²) in [6.07, 6.45) is 2.90. The van der Waals surface area contributed by atoms with Crippen LogP contribution in [0.4, 0.5) is 0 Å². The number of hydrogen-bond acceptors (Lipinski definition) is 3. The molecule has 1 aromatic rings. The molecule has 0 spiro atoms. The lowest BCUT2D eigenvalue weighted by atomic mass is 9.89. The maximum atomic E-state index is 12.7. The topological polar surface area (TPSA) is 61.2 Å². The van der Waals surface area contributed by atoms with Crippen molar-refractivity contribution < 1.29 is 8.42 Å². The molecule has 1 saturated heterocycles. The van der Waals surface area contributed by atoms with Gasteiger partial charge in [0, 0.05) is 13.1 Å². The minimum Gasteiger partial charge on any atom is -0.207 e. The maximum absolute atomic E-state index is 12.7. The molecule has 114 valence electrons. The maximum Gasteiger partial charge on any atom is 0.243 e. The van der Waals surface area contributed by atoms with Crippen LogP contribution in [-0.4, -0.2) is 25.8 Å². The van der Waals surface area contributed by atoms with Gasteiger partial charge in [-0.15, -0.1) is 0 Å². The molecule has 0 radical (unpaired) electrons. The van der Waals surface area contributed by atoms with E-state index >= 15 is 0 Å². The molecular formula is C16H22N2O2S. The molecular weight excluding hydrogens is 284 g/mol. The number of nitriles is 1. The predicted molar refractivity (Wildman–Crippen MR) is 82.1 cm³/mol. The highest BCUT2D eigenvalue weighted by Gasteiger charge is 2.28. The number of benzene rings is 1. The third-order valence-corrected chi connectivity index (χ3v) is 6.17. The molecule has 1 fully saturated rings. The van der Waals surface area contributed by atoms with Gasteiger partial charge in [0.25, 0.3) is 0 Å². The molecule has 0 N–H and O–H groups in total. The first kappa shape index (κ1) is 16.0. The number of hydrogen-bond donors (Lipinski definition) is 0. The standard InChI is InChI=1S/C16H22N2O2S/c1-13(2)15-6-4-9-18(10-8-15)21(19,20)16-7-3-5-14(11-16)12-17/h3,5,7,11,13,15H,4,6,8-10H2,1-2H3. The second-order valence-electron chi connectivity index (χ2n) is 5.98. The highest BCUT2D eigenvalue weighted by molar-refractivity contribution is 7.89. The Labute approximate surface area is 127 Å². The summed E-state index contributed by atoms with van der Waals surface area (Å²) in [6, 6.07) is 8.27. The minimum atomic E-state index is -3.48. The second-order valence-corrected chi connectivity index (χ2v) is 7.92. The van der Waals surface area contributed by atoms with Crippen LogP contribution in [0.1, 0.15) is 38.7 Å². The van der Waals surface area contributed by atoms with E-state index in [1.807, 2.05) is 6.07 Å². The van der Waals surface area contributed by atoms with Gasteiger partial charge in [-0.25, -0.2) is 8.42 Å². The third kappa shape index (κ3) is 3.63. The van der Waals surface area contributed by atoms with Gasteiger partial charge in [0.1, 0.15) is 0 Å². The summed E-state index contributed by atoms with van der Waals surface area (Å²) in [5, 5.41) is 8.92. The molecule has 2 rings (SSSR count). The smallest absolute Gasteiger partial charge is 0.207 e. The highest BCUT2D eigenvalue weighted by Crippen LogP contribution is 2.27. The van der Waals surface area contributed by atoms with Gasteiger partial charge in [-0.2, -0.15) is 9.57 Å². The van der Waals surface area contributed by atoms with Crippen molar-refractivity contribution in [1.29, 1.82) is 5.26 Å². The van der Waals surface area contributed by atoms with Crippen LogP contribution >= 0.6 is 0 Å². The van der Waals surface area contributed by atoms with E-state index in [0.717, 1.165) is 19.3 Å². The fraction of sp³-hybridized carbons (Fsp3) is 0.562. The Morgan fingerprint density at radius 3 is 2.71 bits per heavy atom. The average Bonchev–Trinajstić information content (AvgIpc) is 2.73. The van der Waals surface area contributed by atoms with E-state index in [0.29, 0.717) is 30.5 Å². The van der Waals surface area contributed by atoms with Crippen LogP contribution in [0, 0.1) is 23.2 Å². The molecule has 21 heavy (non-hydrogen) atoms. The third-order valence-electron chi connectivity index (χ3n) is 4.28. The summed E-state index contributed by atoms with van der Waals surface area (Å²) in [5.41, 5.74) is 0.381.